The van der Waals surface area contributed by atoms with Crippen molar-refractivity contribution in [2.75, 3.05) is 49.7 Å². The van der Waals surface area contributed by atoms with Gasteiger partial charge in [0.1, 0.15) is 5.65 Å². The van der Waals surface area contributed by atoms with Gasteiger partial charge < -0.3 is 30.2 Å². The summed E-state index contributed by atoms with van der Waals surface area (Å²) in [7, 11) is 0. The number of nitrogens with zero attached hydrogens (tertiary/aromatic N) is 4. The maximum absolute atomic E-state index is 9.74. The Morgan fingerprint density at radius 2 is 2.16 bits per heavy atom. The monoisotopic (exact) mass is 440 g/mol. The molecule has 1 saturated heterocycles. The molecule has 9 nitrogen and oxygen atoms in total. The molecule has 0 saturated carbocycles. The number of nitrogens with one attached hydrogen (secondary N) is 2. The van der Waals surface area contributed by atoms with Gasteiger partial charge in [-0.2, -0.15) is 0 Å². The first-order chi connectivity index (χ1) is 15.1. The molecule has 31 heavy (non-hydrogen) atoms. The number of aliphatic hydroxyl groups excluding tert-OH is 2. The van der Waals surface area contributed by atoms with E-state index in [9.17, 15) is 5.11 Å². The average Bonchev–Trinajstić information content (AvgIpc) is 3.41. The fourth-order valence-corrected chi connectivity index (χ4v) is 4.87. The maximum atomic E-state index is 9.74. The number of hydrogen-bond acceptors (Lipinski definition) is 9. The lowest BCUT2D eigenvalue weighted by atomic mass is 10.2. The van der Waals surface area contributed by atoms with Gasteiger partial charge in [-0.15, -0.1) is 11.3 Å². The van der Waals surface area contributed by atoms with Gasteiger partial charge in [0.15, 0.2) is 11.6 Å². The van der Waals surface area contributed by atoms with E-state index in [-0.39, 0.29) is 13.2 Å². The van der Waals surface area contributed by atoms with Crippen molar-refractivity contribution in [2.45, 2.75) is 13.0 Å². The van der Waals surface area contributed by atoms with Crippen LogP contribution in [-0.2, 0) is 4.74 Å². The van der Waals surface area contributed by atoms with Crippen LogP contribution in [0, 0.1) is 6.92 Å². The smallest absolute Gasteiger partial charge is 0.163 e. The van der Waals surface area contributed by atoms with E-state index in [1.165, 1.54) is 0 Å². The Kier molecular flexibility index (Phi) is 5.45. The van der Waals surface area contributed by atoms with Gasteiger partial charge in [-0.3, -0.25) is 0 Å². The van der Waals surface area contributed by atoms with Crippen LogP contribution in [0.25, 0.3) is 32.6 Å². The predicted molar refractivity (Wildman–Crippen MR) is 122 cm³/mol. The van der Waals surface area contributed by atoms with Crippen LogP contribution in [0.1, 0.15) is 5.56 Å². The summed E-state index contributed by atoms with van der Waals surface area (Å²) >= 11 is 1.57. The molecular weight excluding hydrogens is 416 g/mol. The number of pyridine rings is 1. The zero-order chi connectivity index (χ0) is 21.4. The minimum Gasteiger partial charge on any atom is -0.394 e. The fourth-order valence-electron chi connectivity index (χ4n) is 3.70. The molecule has 0 aliphatic carbocycles. The summed E-state index contributed by atoms with van der Waals surface area (Å²) in [5.41, 5.74) is 3.57. The van der Waals surface area contributed by atoms with Gasteiger partial charge in [-0.25, -0.2) is 15.0 Å². The Bertz CT molecular complexity index is 1220. The second-order valence-corrected chi connectivity index (χ2v) is 8.58. The van der Waals surface area contributed by atoms with Crippen molar-refractivity contribution in [2.24, 2.45) is 0 Å². The molecule has 4 aromatic heterocycles. The lowest BCUT2D eigenvalue weighted by Crippen LogP contribution is -2.36. The van der Waals surface area contributed by atoms with Crippen molar-refractivity contribution in [3.05, 3.63) is 30.1 Å². The molecule has 4 N–H and O–H groups in total. The molecule has 4 aromatic rings. The van der Waals surface area contributed by atoms with E-state index in [2.05, 4.69) is 20.2 Å². The van der Waals surface area contributed by atoms with Crippen molar-refractivity contribution in [1.29, 1.82) is 0 Å². The molecular formula is C21H24N6O3S. The molecule has 162 valence electrons. The highest BCUT2D eigenvalue weighted by Crippen LogP contribution is 2.40. The first kappa shape index (κ1) is 20.1. The second-order valence-electron chi connectivity index (χ2n) is 7.56. The van der Waals surface area contributed by atoms with E-state index >= 15 is 0 Å². The Balaban J connectivity index is 1.63. The average molecular weight is 441 g/mol. The van der Waals surface area contributed by atoms with Crippen molar-refractivity contribution < 1.29 is 14.9 Å². The topological polar surface area (TPSA) is 119 Å². The SMILES string of the molecule is Cc1c(NCC(O)CO)sc2c(N3CCOCC3)nc(-c3cnc4[nH]ccc4c3)nc12. The van der Waals surface area contributed by atoms with Gasteiger partial charge in [-0.05, 0) is 19.1 Å². The summed E-state index contributed by atoms with van der Waals surface area (Å²) in [5.74, 6) is 1.52. The third kappa shape index (κ3) is 3.83. The number of H-pyrrole nitrogens is 1. The Morgan fingerprint density at radius 1 is 1.32 bits per heavy atom. The maximum Gasteiger partial charge on any atom is 0.163 e. The minimum atomic E-state index is -0.816. The molecule has 0 bridgehead atoms. The molecule has 5 rings (SSSR count). The number of ether oxygens (including phenoxy) is 1. The van der Waals surface area contributed by atoms with Crippen molar-refractivity contribution in [1.82, 2.24) is 19.9 Å². The highest BCUT2D eigenvalue weighted by molar-refractivity contribution is 7.23. The van der Waals surface area contributed by atoms with E-state index in [0.717, 1.165) is 56.3 Å². The summed E-state index contributed by atoms with van der Waals surface area (Å²) in [6, 6.07) is 4.03. The van der Waals surface area contributed by atoms with Gasteiger partial charge >= 0.3 is 0 Å². The third-order valence-corrected chi connectivity index (χ3v) is 6.66. The number of fused-ring (bicyclic) bond motifs is 2. The molecule has 0 spiro atoms. The molecule has 0 radical (unpaired) electrons. The molecule has 1 unspecified atom stereocenters. The van der Waals surface area contributed by atoms with E-state index in [1.807, 2.05) is 25.3 Å². The third-order valence-electron chi connectivity index (χ3n) is 5.43. The van der Waals surface area contributed by atoms with Gasteiger partial charge in [0.25, 0.3) is 0 Å². The quantitative estimate of drug-likeness (QED) is 0.360. The largest absolute Gasteiger partial charge is 0.394 e. The lowest BCUT2D eigenvalue weighted by Gasteiger charge is -2.28. The number of aliphatic hydroxyl groups is 2. The summed E-state index contributed by atoms with van der Waals surface area (Å²) in [6.45, 7) is 4.86. The van der Waals surface area contributed by atoms with Crippen LogP contribution in [0.15, 0.2) is 24.5 Å². The van der Waals surface area contributed by atoms with E-state index in [4.69, 9.17) is 19.8 Å². The van der Waals surface area contributed by atoms with Crippen LogP contribution < -0.4 is 10.2 Å². The van der Waals surface area contributed by atoms with Crippen molar-refractivity contribution >= 4 is 43.4 Å². The zero-order valence-electron chi connectivity index (χ0n) is 17.1. The first-order valence-corrected chi connectivity index (χ1v) is 11.1. The van der Waals surface area contributed by atoms with Crippen LogP contribution in [0.4, 0.5) is 10.8 Å². The van der Waals surface area contributed by atoms with Crippen molar-refractivity contribution in [3.8, 4) is 11.4 Å². The predicted octanol–water partition coefficient (Wildman–Crippen LogP) is 2.14. The molecule has 1 aliphatic heterocycles. The molecule has 1 atom stereocenters. The standard InChI is InChI=1S/C21H24N6O3S/c1-12-16-17(31-21(12)24-10-15(29)11-28)20(27-4-6-30-7-5-27)26-19(25-16)14-8-13-2-3-22-18(13)23-9-14/h2-3,8-9,15,24,28-29H,4-7,10-11H2,1H3,(H,22,23). The summed E-state index contributed by atoms with van der Waals surface area (Å²) < 4.78 is 6.53. The number of hydrogen-bond donors (Lipinski definition) is 4. The number of aryl methyl sites for hydroxylation is 1. The molecule has 0 amide bonds. The molecule has 1 fully saturated rings. The number of aromatic amines is 1. The van der Waals surface area contributed by atoms with Gasteiger partial charge in [-0.1, -0.05) is 0 Å². The summed E-state index contributed by atoms with van der Waals surface area (Å²) in [4.78, 5) is 19.7. The number of rotatable bonds is 6. The normalized spacial score (nSPS) is 15.6. The van der Waals surface area contributed by atoms with E-state index < -0.39 is 6.10 Å². The van der Waals surface area contributed by atoms with Gasteiger partial charge in [0, 0.05) is 48.5 Å². The Morgan fingerprint density at radius 3 is 2.97 bits per heavy atom. The number of morpholine rings is 1. The highest BCUT2D eigenvalue weighted by Gasteiger charge is 2.22. The summed E-state index contributed by atoms with van der Waals surface area (Å²) in [6.07, 6.45) is 2.85. The molecule has 0 aromatic carbocycles. The van der Waals surface area contributed by atoms with Crippen LogP contribution in [-0.4, -0.2) is 75.7 Å². The van der Waals surface area contributed by atoms with Gasteiger partial charge in [0.2, 0.25) is 0 Å². The summed E-state index contributed by atoms with van der Waals surface area (Å²) in [5, 5.41) is 24.0. The Hall–Kier alpha value is -2.79. The second kappa shape index (κ2) is 8.39. The number of anilines is 2. The molecule has 1 aliphatic rings. The van der Waals surface area contributed by atoms with E-state index in [1.54, 1.807) is 17.5 Å². The van der Waals surface area contributed by atoms with Crippen molar-refractivity contribution in [3.63, 3.8) is 0 Å². The molecule has 5 heterocycles. The van der Waals surface area contributed by atoms with Crippen LogP contribution in [0.3, 0.4) is 0 Å². The fraction of sp³-hybridized carbons (Fsp3) is 0.381. The number of thiophene rings is 1. The lowest BCUT2D eigenvalue weighted by molar-refractivity contribution is 0.105. The van der Waals surface area contributed by atoms with Crippen LogP contribution >= 0.6 is 11.3 Å². The zero-order valence-corrected chi connectivity index (χ0v) is 17.9. The Labute approximate surface area is 182 Å². The van der Waals surface area contributed by atoms with E-state index in [0.29, 0.717) is 19.0 Å². The van der Waals surface area contributed by atoms with Crippen LogP contribution in [0.2, 0.25) is 0 Å². The first-order valence-electron chi connectivity index (χ1n) is 10.2. The van der Waals surface area contributed by atoms with Gasteiger partial charge in [0.05, 0.1) is 41.1 Å². The number of aromatic nitrogens is 4. The molecule has 10 heteroatoms. The van der Waals surface area contributed by atoms with Crippen LogP contribution in [0.5, 0.6) is 0 Å². The minimum absolute atomic E-state index is 0.269. The highest BCUT2D eigenvalue weighted by atomic mass is 32.1.